The van der Waals surface area contributed by atoms with Gasteiger partial charge in [0.2, 0.25) is 5.78 Å². The largest absolute Gasteiger partial charge is 0.482 e. The highest BCUT2D eigenvalue weighted by Gasteiger charge is 2.25. The van der Waals surface area contributed by atoms with Crippen molar-refractivity contribution in [1.82, 2.24) is 0 Å². The van der Waals surface area contributed by atoms with Gasteiger partial charge < -0.3 is 14.4 Å². The number of hydrogen-bond donors (Lipinski definition) is 0. The first-order valence-corrected chi connectivity index (χ1v) is 8.02. The first-order chi connectivity index (χ1) is 12.6. The van der Waals surface area contributed by atoms with E-state index in [-0.39, 0.29) is 31.0 Å². The summed E-state index contributed by atoms with van der Waals surface area (Å²) in [6.07, 6.45) is -0.0926. The number of ketones is 1. The van der Waals surface area contributed by atoms with Crippen molar-refractivity contribution in [3.8, 4) is 5.75 Å². The minimum Gasteiger partial charge on any atom is -0.482 e. The molecule has 0 saturated carbocycles. The molecular formula is C19H16FNO5. The van der Waals surface area contributed by atoms with Gasteiger partial charge in [0.15, 0.2) is 13.2 Å². The Kier molecular flexibility index (Phi) is 5.26. The summed E-state index contributed by atoms with van der Waals surface area (Å²) in [6.45, 7) is -0.544. The molecule has 0 bridgehead atoms. The standard InChI is InChI=1S/C19H16FNO5/c20-14-6-2-1-5-13(14)16(22)11-26-19(24)9-10-21-15-7-3-4-8-17(15)25-12-18(21)23/h1-8H,9-12H2. The van der Waals surface area contributed by atoms with Gasteiger partial charge in [0.05, 0.1) is 17.7 Å². The second kappa shape index (κ2) is 7.77. The molecule has 0 aliphatic carbocycles. The molecule has 26 heavy (non-hydrogen) atoms. The normalized spacial score (nSPS) is 13.0. The van der Waals surface area contributed by atoms with E-state index in [1.807, 2.05) is 0 Å². The number of benzene rings is 2. The van der Waals surface area contributed by atoms with Gasteiger partial charge in [-0.1, -0.05) is 24.3 Å². The Morgan fingerprint density at radius 3 is 2.65 bits per heavy atom. The highest BCUT2D eigenvalue weighted by Crippen LogP contribution is 2.31. The van der Waals surface area contributed by atoms with Crippen molar-refractivity contribution < 1.29 is 28.2 Å². The molecule has 0 spiro atoms. The number of para-hydroxylation sites is 2. The van der Waals surface area contributed by atoms with Crippen molar-refractivity contribution in [1.29, 1.82) is 0 Å². The average molecular weight is 357 g/mol. The number of rotatable bonds is 6. The summed E-state index contributed by atoms with van der Waals surface area (Å²) >= 11 is 0. The molecule has 0 atom stereocenters. The third-order valence-corrected chi connectivity index (χ3v) is 3.89. The minimum atomic E-state index is -0.663. The smallest absolute Gasteiger partial charge is 0.308 e. The van der Waals surface area contributed by atoms with E-state index < -0.39 is 24.2 Å². The molecule has 3 rings (SSSR count). The highest BCUT2D eigenvalue weighted by molar-refractivity contribution is 5.99. The van der Waals surface area contributed by atoms with Gasteiger partial charge in [0, 0.05) is 6.54 Å². The molecule has 2 aromatic rings. The summed E-state index contributed by atoms with van der Waals surface area (Å²) in [4.78, 5) is 37.2. The van der Waals surface area contributed by atoms with Gasteiger partial charge in [-0.3, -0.25) is 14.4 Å². The average Bonchev–Trinajstić information content (AvgIpc) is 2.65. The van der Waals surface area contributed by atoms with Crippen LogP contribution in [0.1, 0.15) is 16.8 Å². The van der Waals surface area contributed by atoms with Gasteiger partial charge in [-0.15, -0.1) is 0 Å². The molecule has 0 unspecified atom stereocenters. The van der Waals surface area contributed by atoms with E-state index in [9.17, 15) is 18.8 Å². The number of nitrogens with zero attached hydrogens (tertiary/aromatic N) is 1. The van der Waals surface area contributed by atoms with E-state index in [0.717, 1.165) is 6.07 Å². The Labute approximate surface area is 149 Å². The second-order valence-corrected chi connectivity index (χ2v) is 5.62. The van der Waals surface area contributed by atoms with Crippen LogP contribution in [0.2, 0.25) is 0 Å². The van der Waals surface area contributed by atoms with Crippen LogP contribution in [0, 0.1) is 5.82 Å². The molecule has 6 nitrogen and oxygen atoms in total. The monoisotopic (exact) mass is 357 g/mol. The molecule has 2 aromatic carbocycles. The zero-order valence-electron chi connectivity index (χ0n) is 13.8. The molecule has 0 N–H and O–H groups in total. The summed E-state index contributed by atoms with van der Waals surface area (Å²) < 4.78 is 23.7. The Bertz CT molecular complexity index is 851. The van der Waals surface area contributed by atoms with Crippen LogP contribution in [-0.4, -0.2) is 37.4 Å². The maximum atomic E-state index is 13.5. The molecule has 1 amide bonds. The third kappa shape index (κ3) is 3.88. The van der Waals surface area contributed by atoms with Gasteiger partial charge in [-0.2, -0.15) is 0 Å². The van der Waals surface area contributed by atoms with Crippen LogP contribution in [0.3, 0.4) is 0 Å². The topological polar surface area (TPSA) is 72.9 Å². The van der Waals surface area contributed by atoms with E-state index in [1.54, 1.807) is 24.3 Å². The molecule has 0 radical (unpaired) electrons. The highest BCUT2D eigenvalue weighted by atomic mass is 19.1. The predicted molar refractivity (Wildman–Crippen MR) is 90.6 cm³/mol. The lowest BCUT2D eigenvalue weighted by atomic mass is 10.1. The van der Waals surface area contributed by atoms with Crippen molar-refractivity contribution in [2.45, 2.75) is 6.42 Å². The molecule has 134 valence electrons. The summed E-state index contributed by atoms with van der Waals surface area (Å²) in [7, 11) is 0. The van der Waals surface area contributed by atoms with Crippen LogP contribution in [0.4, 0.5) is 10.1 Å². The number of halogens is 1. The number of ether oxygens (including phenoxy) is 2. The van der Waals surface area contributed by atoms with Gasteiger partial charge in [0.1, 0.15) is 11.6 Å². The van der Waals surface area contributed by atoms with Crippen LogP contribution in [-0.2, 0) is 14.3 Å². The van der Waals surface area contributed by atoms with E-state index >= 15 is 0 Å². The fraction of sp³-hybridized carbons (Fsp3) is 0.211. The summed E-state index contributed by atoms with van der Waals surface area (Å²) in [5.41, 5.74) is 0.455. The Morgan fingerprint density at radius 2 is 1.85 bits per heavy atom. The molecule has 0 fully saturated rings. The third-order valence-electron chi connectivity index (χ3n) is 3.89. The number of esters is 1. The van der Waals surface area contributed by atoms with Crippen molar-refractivity contribution in [3.05, 3.63) is 59.9 Å². The number of amides is 1. The van der Waals surface area contributed by atoms with Gasteiger partial charge in [-0.05, 0) is 24.3 Å². The van der Waals surface area contributed by atoms with Gasteiger partial charge in [0.25, 0.3) is 5.91 Å². The van der Waals surface area contributed by atoms with Crippen molar-refractivity contribution >= 4 is 23.3 Å². The van der Waals surface area contributed by atoms with Crippen LogP contribution in [0.25, 0.3) is 0 Å². The van der Waals surface area contributed by atoms with Crippen molar-refractivity contribution in [2.24, 2.45) is 0 Å². The van der Waals surface area contributed by atoms with Gasteiger partial charge in [-0.25, -0.2) is 4.39 Å². The molecule has 7 heteroatoms. The first kappa shape index (κ1) is 17.6. The fourth-order valence-electron chi connectivity index (χ4n) is 2.59. The number of anilines is 1. The Hall–Kier alpha value is -3.22. The first-order valence-electron chi connectivity index (χ1n) is 8.02. The number of hydrogen-bond acceptors (Lipinski definition) is 5. The second-order valence-electron chi connectivity index (χ2n) is 5.62. The number of fused-ring (bicyclic) bond motifs is 1. The molecule has 1 heterocycles. The lowest BCUT2D eigenvalue weighted by Crippen LogP contribution is -2.40. The van der Waals surface area contributed by atoms with Crippen LogP contribution >= 0.6 is 0 Å². The van der Waals surface area contributed by atoms with Gasteiger partial charge >= 0.3 is 5.97 Å². The SMILES string of the molecule is O=C(CCN1C(=O)COc2ccccc21)OCC(=O)c1ccccc1F. The molecule has 1 aliphatic heterocycles. The van der Waals surface area contributed by atoms with Crippen LogP contribution in [0.15, 0.2) is 48.5 Å². The maximum absolute atomic E-state index is 13.5. The van der Waals surface area contributed by atoms with E-state index in [0.29, 0.717) is 11.4 Å². The van der Waals surface area contributed by atoms with E-state index in [1.165, 1.54) is 23.1 Å². The van der Waals surface area contributed by atoms with E-state index in [2.05, 4.69) is 0 Å². The van der Waals surface area contributed by atoms with Crippen molar-refractivity contribution in [2.75, 3.05) is 24.7 Å². The number of carbonyl (C=O) groups is 3. The zero-order chi connectivity index (χ0) is 18.5. The Morgan fingerprint density at radius 1 is 1.12 bits per heavy atom. The molecular weight excluding hydrogens is 341 g/mol. The van der Waals surface area contributed by atoms with Crippen molar-refractivity contribution in [3.63, 3.8) is 0 Å². The fourth-order valence-corrected chi connectivity index (χ4v) is 2.59. The predicted octanol–water partition coefficient (Wildman–Crippen LogP) is 2.37. The molecule has 0 saturated heterocycles. The zero-order valence-corrected chi connectivity index (χ0v) is 13.8. The van der Waals surface area contributed by atoms with Crippen LogP contribution < -0.4 is 9.64 Å². The summed E-state index contributed by atoms with van der Waals surface area (Å²) in [6, 6.07) is 12.5. The molecule has 0 aromatic heterocycles. The summed E-state index contributed by atoms with van der Waals surface area (Å²) in [5, 5.41) is 0. The lowest BCUT2D eigenvalue weighted by Gasteiger charge is -2.28. The van der Waals surface area contributed by atoms with Crippen LogP contribution in [0.5, 0.6) is 5.75 Å². The summed E-state index contributed by atoms with van der Waals surface area (Å²) in [5.74, 6) is -1.63. The number of carbonyl (C=O) groups excluding carboxylic acids is 3. The Balaban J connectivity index is 1.54. The number of Topliss-reactive ketones (excluding diaryl/α,β-unsaturated/α-hetero) is 1. The lowest BCUT2D eigenvalue weighted by molar-refractivity contribution is -0.142. The van der Waals surface area contributed by atoms with E-state index in [4.69, 9.17) is 9.47 Å². The quantitative estimate of drug-likeness (QED) is 0.586. The minimum absolute atomic E-state index is 0.0926. The maximum Gasteiger partial charge on any atom is 0.308 e. The molecule has 1 aliphatic rings.